The highest BCUT2D eigenvalue weighted by Crippen LogP contribution is 2.52. The topological polar surface area (TPSA) is 61.8 Å². The van der Waals surface area contributed by atoms with Gasteiger partial charge in [0, 0.05) is 0 Å². The van der Waals surface area contributed by atoms with E-state index in [1.54, 1.807) is 0 Å². The van der Waals surface area contributed by atoms with Crippen molar-refractivity contribution in [3.05, 3.63) is 35.9 Å². The van der Waals surface area contributed by atoms with Crippen molar-refractivity contribution in [1.29, 1.82) is 0 Å². The van der Waals surface area contributed by atoms with Crippen LogP contribution in [0.15, 0.2) is 30.3 Å². The Morgan fingerprint density at radius 3 is 1.87 bits per heavy atom. The van der Waals surface area contributed by atoms with Crippen molar-refractivity contribution in [2.24, 2.45) is 0 Å². The van der Waals surface area contributed by atoms with Crippen LogP contribution >= 0.6 is 7.60 Å². The van der Waals surface area contributed by atoms with Crippen molar-refractivity contribution in [2.45, 2.75) is 45.9 Å². The molecule has 1 aromatic carbocycles. The fourth-order valence-electron chi connectivity index (χ4n) is 1.86. The van der Waals surface area contributed by atoms with Crippen molar-refractivity contribution in [1.82, 2.24) is 0 Å². The summed E-state index contributed by atoms with van der Waals surface area (Å²) in [6.45, 7) is 11.7. The quantitative estimate of drug-likeness (QED) is 0.377. The maximum atomic E-state index is 13.0. The third-order valence-electron chi connectivity index (χ3n) is 2.39. The fraction of sp³-hybridized carbons (Fsp3) is 0.533. The molecule has 1 aromatic rings. The summed E-state index contributed by atoms with van der Waals surface area (Å²) in [4.78, 5) is 12.1. The SMILES string of the molecule is C[Si](C)(C)OP(=O)(CC(=O)OCc1ccccc1)O[Si](C)(C)C. The zero-order valence-corrected chi connectivity index (χ0v) is 17.7. The van der Waals surface area contributed by atoms with E-state index in [2.05, 4.69) is 0 Å². The normalized spacial score (nSPS) is 13.0. The number of hydrogen-bond donors (Lipinski definition) is 0. The number of benzene rings is 1. The summed E-state index contributed by atoms with van der Waals surface area (Å²) in [5, 5.41) is 0. The summed E-state index contributed by atoms with van der Waals surface area (Å²) in [5.74, 6) is -0.561. The zero-order valence-electron chi connectivity index (χ0n) is 14.8. The lowest BCUT2D eigenvalue weighted by Gasteiger charge is -2.30. The van der Waals surface area contributed by atoms with Crippen molar-refractivity contribution >= 4 is 30.2 Å². The predicted molar refractivity (Wildman–Crippen MR) is 97.6 cm³/mol. The molecule has 0 spiro atoms. The molecule has 0 atom stereocenters. The van der Waals surface area contributed by atoms with Gasteiger partial charge in [-0.15, -0.1) is 0 Å². The van der Waals surface area contributed by atoms with E-state index in [0.29, 0.717) is 0 Å². The van der Waals surface area contributed by atoms with Gasteiger partial charge >= 0.3 is 13.6 Å². The van der Waals surface area contributed by atoms with Crippen molar-refractivity contribution < 1.29 is 22.5 Å². The van der Waals surface area contributed by atoms with Crippen LogP contribution in [0.5, 0.6) is 0 Å². The monoisotopic (exact) mass is 374 g/mol. The highest BCUT2D eigenvalue weighted by molar-refractivity contribution is 7.58. The van der Waals surface area contributed by atoms with Gasteiger partial charge in [-0.25, -0.2) is 0 Å². The second kappa shape index (κ2) is 7.90. The molecule has 1 rings (SSSR count). The Morgan fingerprint density at radius 1 is 0.957 bits per heavy atom. The van der Waals surface area contributed by atoms with E-state index in [0.717, 1.165) is 5.56 Å². The summed E-state index contributed by atoms with van der Waals surface area (Å²) in [7, 11) is -7.73. The van der Waals surface area contributed by atoms with Gasteiger partial charge in [0.1, 0.15) is 12.8 Å². The molecule has 0 aliphatic rings. The molecule has 0 aromatic heterocycles. The van der Waals surface area contributed by atoms with E-state index in [-0.39, 0.29) is 12.8 Å². The minimum atomic E-state index is -3.49. The molecule has 0 saturated heterocycles. The molecular weight excluding hydrogens is 347 g/mol. The average molecular weight is 375 g/mol. The molecule has 5 nitrogen and oxygen atoms in total. The van der Waals surface area contributed by atoms with E-state index in [1.807, 2.05) is 69.6 Å². The third kappa shape index (κ3) is 9.22. The second-order valence-electron chi connectivity index (χ2n) is 7.32. The molecule has 0 unspecified atom stereocenters. The number of esters is 1. The summed E-state index contributed by atoms with van der Waals surface area (Å²) in [5.41, 5.74) is 0.882. The molecule has 0 radical (unpaired) electrons. The van der Waals surface area contributed by atoms with Crippen LogP contribution in [0, 0.1) is 0 Å². The van der Waals surface area contributed by atoms with Crippen LogP contribution in [-0.4, -0.2) is 28.8 Å². The first kappa shape index (κ1) is 20.3. The van der Waals surface area contributed by atoms with Crippen LogP contribution in [0.3, 0.4) is 0 Å². The van der Waals surface area contributed by atoms with Gasteiger partial charge in [0.2, 0.25) is 0 Å². The first-order valence-electron chi connectivity index (χ1n) is 7.59. The van der Waals surface area contributed by atoms with Crippen LogP contribution in [-0.2, 0) is 29.1 Å². The maximum Gasteiger partial charge on any atom is 0.322 e. The lowest BCUT2D eigenvalue weighted by Crippen LogP contribution is -2.32. The molecular formula is C15H27O5PSi2. The van der Waals surface area contributed by atoms with Gasteiger partial charge in [-0.2, -0.15) is 0 Å². The molecule has 8 heteroatoms. The van der Waals surface area contributed by atoms with Crippen LogP contribution in [0.2, 0.25) is 39.3 Å². The van der Waals surface area contributed by atoms with Gasteiger partial charge in [0.25, 0.3) is 0 Å². The molecule has 23 heavy (non-hydrogen) atoms. The molecule has 0 aliphatic heterocycles. The lowest BCUT2D eigenvalue weighted by atomic mass is 10.2. The van der Waals surface area contributed by atoms with Crippen LogP contribution < -0.4 is 0 Å². The molecule has 0 saturated carbocycles. The summed E-state index contributed by atoms with van der Waals surface area (Å²) in [6, 6.07) is 9.37. The van der Waals surface area contributed by atoms with Crippen LogP contribution in [0.25, 0.3) is 0 Å². The Morgan fingerprint density at radius 2 is 1.43 bits per heavy atom. The average Bonchev–Trinajstić information content (AvgIpc) is 2.32. The first-order chi connectivity index (χ1) is 10.4. The van der Waals surface area contributed by atoms with Gasteiger partial charge in [0.15, 0.2) is 16.6 Å². The van der Waals surface area contributed by atoms with Gasteiger partial charge in [-0.1, -0.05) is 30.3 Å². The van der Waals surface area contributed by atoms with Crippen LogP contribution in [0.4, 0.5) is 0 Å². The summed E-state index contributed by atoms with van der Waals surface area (Å²) < 4.78 is 29.7. The minimum Gasteiger partial charge on any atom is -0.460 e. The number of rotatable bonds is 8. The molecule has 0 heterocycles. The van der Waals surface area contributed by atoms with Crippen LogP contribution in [0.1, 0.15) is 5.56 Å². The van der Waals surface area contributed by atoms with E-state index in [4.69, 9.17) is 13.2 Å². The maximum absolute atomic E-state index is 13.0. The van der Waals surface area contributed by atoms with Gasteiger partial charge in [-0.05, 0) is 44.8 Å². The Hall–Kier alpha value is -0.726. The highest BCUT2D eigenvalue weighted by atomic mass is 31.2. The number of carbonyl (C=O) groups is 1. The summed E-state index contributed by atoms with van der Waals surface area (Å²) in [6.07, 6.45) is -0.339. The van der Waals surface area contributed by atoms with E-state index in [1.165, 1.54) is 0 Å². The molecule has 0 fully saturated rings. The van der Waals surface area contributed by atoms with E-state index < -0.39 is 30.2 Å². The van der Waals surface area contributed by atoms with Gasteiger partial charge in [0.05, 0.1) is 0 Å². The molecule has 0 N–H and O–H groups in total. The molecule has 130 valence electrons. The Bertz CT molecular complexity index is 543. The first-order valence-corrected chi connectivity index (χ1v) is 16.1. The number of hydrogen-bond acceptors (Lipinski definition) is 5. The summed E-state index contributed by atoms with van der Waals surface area (Å²) >= 11 is 0. The number of ether oxygens (including phenoxy) is 1. The van der Waals surface area contributed by atoms with Gasteiger partial charge in [-0.3, -0.25) is 9.36 Å². The standard InChI is InChI=1S/C15H27O5PSi2/c1-22(2,3)19-21(17,20-23(4,5)6)13-15(16)18-12-14-10-8-7-9-11-14/h7-11H,12-13H2,1-6H3. The predicted octanol–water partition coefficient (Wildman–Crippen LogP) is 4.63. The number of carbonyl (C=O) groups excluding carboxylic acids is 1. The molecule has 0 aliphatic carbocycles. The second-order valence-corrected chi connectivity index (χ2v) is 18.8. The molecule has 0 amide bonds. The Balaban J connectivity index is 2.72. The smallest absolute Gasteiger partial charge is 0.322 e. The van der Waals surface area contributed by atoms with E-state index >= 15 is 0 Å². The van der Waals surface area contributed by atoms with Crippen molar-refractivity contribution in [2.75, 3.05) is 6.16 Å². The zero-order chi connectivity index (χ0) is 17.7. The fourth-order valence-corrected chi connectivity index (χ4v) is 9.94. The van der Waals surface area contributed by atoms with E-state index in [9.17, 15) is 9.36 Å². The lowest BCUT2D eigenvalue weighted by molar-refractivity contribution is -0.142. The minimum absolute atomic E-state index is 0.152. The Labute approximate surface area is 141 Å². The van der Waals surface area contributed by atoms with Crippen molar-refractivity contribution in [3.8, 4) is 0 Å². The third-order valence-corrected chi connectivity index (χ3v) is 9.64. The highest BCUT2D eigenvalue weighted by Gasteiger charge is 2.38. The van der Waals surface area contributed by atoms with Crippen molar-refractivity contribution in [3.63, 3.8) is 0 Å². The largest absolute Gasteiger partial charge is 0.460 e. The van der Waals surface area contributed by atoms with Gasteiger partial charge < -0.3 is 13.2 Å². The molecule has 0 bridgehead atoms. The Kier molecular flexibility index (Phi) is 6.98.